The maximum Gasteiger partial charge on any atom is 0.247 e. The molecule has 3 amide bonds. The molecule has 1 fully saturated rings. The van der Waals surface area contributed by atoms with E-state index in [1.165, 1.54) is 23.6 Å². The molecular formula is C20H20N2O3S. The monoisotopic (exact) mass is 368 g/mol. The lowest BCUT2D eigenvalue weighted by Gasteiger charge is -2.19. The molecule has 134 valence electrons. The summed E-state index contributed by atoms with van der Waals surface area (Å²) in [6, 6.07) is 13.0. The number of thioether (sulfide) groups is 1. The summed E-state index contributed by atoms with van der Waals surface area (Å²) in [6.07, 6.45) is 0.185. The van der Waals surface area contributed by atoms with Crippen molar-refractivity contribution in [2.24, 2.45) is 0 Å². The fourth-order valence-electron chi connectivity index (χ4n) is 3.07. The number of aryl methyl sites for hydroxylation is 2. The topological polar surface area (TPSA) is 66.5 Å². The number of nitrogens with zero attached hydrogens (tertiary/aromatic N) is 1. The molecule has 1 N–H and O–H groups in total. The molecule has 1 heterocycles. The Morgan fingerprint density at radius 2 is 1.69 bits per heavy atom. The van der Waals surface area contributed by atoms with Crippen molar-refractivity contribution in [3.8, 4) is 0 Å². The van der Waals surface area contributed by atoms with Crippen molar-refractivity contribution in [2.75, 3.05) is 10.2 Å². The molecule has 1 aliphatic heterocycles. The van der Waals surface area contributed by atoms with Crippen LogP contribution in [0.15, 0.2) is 47.4 Å². The zero-order valence-corrected chi connectivity index (χ0v) is 15.7. The molecule has 1 unspecified atom stereocenters. The largest absolute Gasteiger partial charge is 0.326 e. The molecule has 1 atom stereocenters. The highest BCUT2D eigenvalue weighted by Gasteiger charge is 2.41. The van der Waals surface area contributed by atoms with E-state index >= 15 is 0 Å². The summed E-state index contributed by atoms with van der Waals surface area (Å²) in [5.41, 5.74) is 3.23. The Bertz CT molecular complexity index is 857. The van der Waals surface area contributed by atoms with Gasteiger partial charge in [-0.1, -0.05) is 18.2 Å². The molecule has 0 saturated carbocycles. The van der Waals surface area contributed by atoms with E-state index in [0.29, 0.717) is 11.4 Å². The Kier molecular flexibility index (Phi) is 5.13. The minimum absolute atomic E-state index is 0.133. The zero-order chi connectivity index (χ0) is 18.8. The molecule has 5 nitrogen and oxygen atoms in total. The maximum atomic E-state index is 12.9. The Balaban J connectivity index is 1.78. The molecule has 0 aromatic heterocycles. The van der Waals surface area contributed by atoms with E-state index in [-0.39, 0.29) is 24.1 Å². The van der Waals surface area contributed by atoms with Crippen LogP contribution < -0.4 is 10.2 Å². The first-order valence-electron chi connectivity index (χ1n) is 8.34. The third-order valence-electron chi connectivity index (χ3n) is 4.22. The number of carbonyl (C=O) groups excluding carboxylic acids is 3. The third-order valence-corrected chi connectivity index (χ3v) is 5.42. The van der Waals surface area contributed by atoms with E-state index < -0.39 is 5.25 Å². The van der Waals surface area contributed by atoms with E-state index in [1.54, 1.807) is 12.1 Å². The summed E-state index contributed by atoms with van der Waals surface area (Å²) in [5.74, 6) is -0.477. The van der Waals surface area contributed by atoms with Crippen LogP contribution in [0.5, 0.6) is 0 Å². The first-order valence-corrected chi connectivity index (χ1v) is 9.22. The van der Waals surface area contributed by atoms with Crippen molar-refractivity contribution < 1.29 is 14.4 Å². The molecule has 1 saturated heterocycles. The molecule has 3 rings (SSSR count). The first kappa shape index (κ1) is 18.2. The summed E-state index contributed by atoms with van der Waals surface area (Å²) in [5, 5.41) is 2.27. The van der Waals surface area contributed by atoms with Crippen LogP contribution in [0.2, 0.25) is 0 Å². The lowest BCUT2D eigenvalue weighted by Crippen LogP contribution is -2.32. The van der Waals surface area contributed by atoms with Gasteiger partial charge in [0.15, 0.2) is 0 Å². The van der Waals surface area contributed by atoms with Crippen molar-refractivity contribution in [3.63, 3.8) is 0 Å². The second-order valence-corrected chi connectivity index (χ2v) is 7.60. The summed E-state index contributed by atoms with van der Waals surface area (Å²) in [7, 11) is 0. The number of anilines is 2. The first-order chi connectivity index (χ1) is 12.4. The SMILES string of the molecule is CC(=O)Nc1ccc(SC2CC(=O)N(c3c(C)cccc3C)C2=O)cc1. The van der Waals surface area contributed by atoms with Crippen LogP contribution in [-0.2, 0) is 14.4 Å². The lowest BCUT2D eigenvalue weighted by molar-refractivity contribution is -0.121. The number of hydrogen-bond donors (Lipinski definition) is 1. The number of benzene rings is 2. The van der Waals surface area contributed by atoms with Gasteiger partial charge in [-0.2, -0.15) is 0 Å². The Hall–Kier alpha value is -2.60. The number of carbonyl (C=O) groups is 3. The predicted octanol–water partition coefficient (Wildman–Crippen LogP) is 3.69. The highest BCUT2D eigenvalue weighted by molar-refractivity contribution is 8.00. The number of para-hydroxylation sites is 1. The maximum absolute atomic E-state index is 12.9. The quantitative estimate of drug-likeness (QED) is 0.836. The fraction of sp³-hybridized carbons (Fsp3) is 0.250. The number of nitrogens with one attached hydrogen (secondary N) is 1. The summed E-state index contributed by atoms with van der Waals surface area (Å²) in [4.78, 5) is 38.7. The molecule has 1 aliphatic rings. The van der Waals surface area contributed by atoms with E-state index in [9.17, 15) is 14.4 Å². The molecule has 26 heavy (non-hydrogen) atoms. The number of rotatable bonds is 4. The Morgan fingerprint density at radius 1 is 1.08 bits per heavy atom. The average Bonchev–Trinajstić information content (AvgIpc) is 2.84. The van der Waals surface area contributed by atoms with Gasteiger partial charge in [-0.05, 0) is 49.2 Å². The second-order valence-electron chi connectivity index (χ2n) is 6.32. The summed E-state index contributed by atoms with van der Waals surface area (Å²) < 4.78 is 0. The molecule has 0 spiro atoms. The van der Waals surface area contributed by atoms with Gasteiger partial charge < -0.3 is 5.32 Å². The lowest BCUT2D eigenvalue weighted by atomic mass is 10.1. The van der Waals surface area contributed by atoms with Crippen LogP contribution in [0.25, 0.3) is 0 Å². The van der Waals surface area contributed by atoms with Gasteiger partial charge in [-0.3, -0.25) is 14.4 Å². The van der Waals surface area contributed by atoms with Crippen molar-refractivity contribution >= 4 is 40.9 Å². The normalized spacial score (nSPS) is 16.9. The van der Waals surface area contributed by atoms with E-state index in [0.717, 1.165) is 16.0 Å². The van der Waals surface area contributed by atoms with Gasteiger partial charge in [0.25, 0.3) is 0 Å². The zero-order valence-electron chi connectivity index (χ0n) is 14.9. The number of amides is 3. The number of imide groups is 1. The van der Waals surface area contributed by atoms with Gasteiger partial charge in [0.05, 0.1) is 10.9 Å². The fourth-order valence-corrected chi connectivity index (χ4v) is 4.13. The molecule has 6 heteroatoms. The van der Waals surface area contributed by atoms with Crippen LogP contribution in [0.3, 0.4) is 0 Å². The average molecular weight is 368 g/mol. The standard InChI is InChI=1S/C20H20N2O3S/c1-12-5-4-6-13(2)19(12)22-18(24)11-17(20(22)25)26-16-9-7-15(8-10-16)21-14(3)23/h4-10,17H,11H2,1-3H3,(H,21,23). The van der Waals surface area contributed by atoms with Crippen LogP contribution >= 0.6 is 11.8 Å². The van der Waals surface area contributed by atoms with Crippen LogP contribution in [-0.4, -0.2) is 23.0 Å². The van der Waals surface area contributed by atoms with E-state index in [4.69, 9.17) is 0 Å². The van der Waals surface area contributed by atoms with Crippen molar-refractivity contribution in [2.45, 2.75) is 37.3 Å². The van der Waals surface area contributed by atoms with E-state index in [1.807, 2.05) is 44.2 Å². The Labute approximate surface area is 156 Å². The summed E-state index contributed by atoms with van der Waals surface area (Å²) >= 11 is 1.38. The smallest absolute Gasteiger partial charge is 0.247 e. The van der Waals surface area contributed by atoms with Gasteiger partial charge in [0.1, 0.15) is 0 Å². The molecular weight excluding hydrogens is 348 g/mol. The third kappa shape index (κ3) is 3.65. The molecule has 0 radical (unpaired) electrons. The van der Waals surface area contributed by atoms with Gasteiger partial charge in [-0.25, -0.2) is 4.90 Å². The van der Waals surface area contributed by atoms with Crippen molar-refractivity contribution in [1.82, 2.24) is 0 Å². The Morgan fingerprint density at radius 3 is 2.27 bits per heavy atom. The van der Waals surface area contributed by atoms with Gasteiger partial charge in [0, 0.05) is 23.9 Å². The second kappa shape index (κ2) is 7.33. The predicted molar refractivity (Wildman–Crippen MR) is 103 cm³/mol. The van der Waals surface area contributed by atoms with Gasteiger partial charge in [-0.15, -0.1) is 11.8 Å². The van der Waals surface area contributed by atoms with E-state index in [2.05, 4.69) is 5.32 Å². The molecule has 0 bridgehead atoms. The van der Waals surface area contributed by atoms with Gasteiger partial charge >= 0.3 is 0 Å². The van der Waals surface area contributed by atoms with Crippen LogP contribution in [0, 0.1) is 13.8 Å². The highest BCUT2D eigenvalue weighted by Crippen LogP contribution is 2.36. The summed E-state index contributed by atoms with van der Waals surface area (Å²) in [6.45, 7) is 5.27. The van der Waals surface area contributed by atoms with Crippen molar-refractivity contribution in [1.29, 1.82) is 0 Å². The molecule has 0 aliphatic carbocycles. The van der Waals surface area contributed by atoms with Crippen LogP contribution in [0.4, 0.5) is 11.4 Å². The highest BCUT2D eigenvalue weighted by atomic mass is 32.2. The minimum atomic E-state index is -0.437. The number of hydrogen-bond acceptors (Lipinski definition) is 4. The van der Waals surface area contributed by atoms with Gasteiger partial charge in [0.2, 0.25) is 17.7 Å². The van der Waals surface area contributed by atoms with Crippen molar-refractivity contribution in [3.05, 3.63) is 53.6 Å². The molecule has 2 aromatic rings. The minimum Gasteiger partial charge on any atom is -0.326 e. The van der Waals surface area contributed by atoms with Crippen LogP contribution in [0.1, 0.15) is 24.5 Å². The molecule has 2 aromatic carbocycles.